The van der Waals surface area contributed by atoms with Gasteiger partial charge in [-0.3, -0.25) is 0 Å². The Kier molecular flexibility index (Phi) is 4.89. The van der Waals surface area contributed by atoms with Gasteiger partial charge in [-0.2, -0.15) is 5.26 Å². The van der Waals surface area contributed by atoms with Gasteiger partial charge >= 0.3 is 0 Å². The number of alkyl halides is 1. The molecule has 0 radical (unpaired) electrons. The Morgan fingerprint density at radius 2 is 2.33 bits per heavy atom. The Labute approximate surface area is 102 Å². The molecule has 0 heterocycles. The first-order chi connectivity index (χ1) is 7.17. The molecule has 5 heteroatoms. The Bertz CT molecular complexity index is 378. The van der Waals surface area contributed by atoms with Gasteiger partial charge in [-0.25, -0.2) is 0 Å². The fraction of sp³-hybridized carbons (Fsp3) is 0.300. The van der Waals surface area contributed by atoms with Crippen molar-refractivity contribution in [1.82, 2.24) is 0 Å². The first-order valence-electron chi connectivity index (χ1n) is 4.35. The third-order valence-electron chi connectivity index (χ3n) is 1.81. The topological polar surface area (TPSA) is 56.0 Å². The Morgan fingerprint density at radius 1 is 1.60 bits per heavy atom. The van der Waals surface area contributed by atoms with Crippen molar-refractivity contribution in [2.45, 2.75) is 6.10 Å². The lowest BCUT2D eigenvalue weighted by molar-refractivity contribution is 0.211. The summed E-state index contributed by atoms with van der Waals surface area (Å²) in [5.74, 6) is 0.172. The normalized spacial score (nSPS) is 11.9. The third kappa shape index (κ3) is 3.71. The second-order valence-corrected chi connectivity index (χ2v) is 4.22. The molecule has 1 aromatic carbocycles. The van der Waals surface area contributed by atoms with Gasteiger partial charge in [-0.15, -0.1) is 11.6 Å². The van der Waals surface area contributed by atoms with Crippen LogP contribution in [0.3, 0.4) is 0 Å². The molecule has 0 amide bonds. The zero-order valence-corrected chi connectivity index (χ0v) is 10.2. The van der Waals surface area contributed by atoms with Crippen LogP contribution in [0.2, 0.25) is 0 Å². The molecule has 0 aliphatic carbocycles. The SMILES string of the molecule is N#Cc1cc(Br)ccc1NCC(O)CCl. The van der Waals surface area contributed by atoms with Gasteiger partial charge in [0.25, 0.3) is 0 Å². The van der Waals surface area contributed by atoms with E-state index < -0.39 is 6.10 Å². The number of halogens is 2. The zero-order chi connectivity index (χ0) is 11.3. The molecule has 15 heavy (non-hydrogen) atoms. The maximum Gasteiger partial charge on any atom is 0.101 e. The molecule has 80 valence electrons. The quantitative estimate of drug-likeness (QED) is 0.837. The van der Waals surface area contributed by atoms with Gasteiger partial charge in [0.15, 0.2) is 0 Å². The van der Waals surface area contributed by atoms with E-state index in [4.69, 9.17) is 16.9 Å². The summed E-state index contributed by atoms with van der Waals surface area (Å²) in [6.07, 6.45) is -0.609. The second-order valence-electron chi connectivity index (χ2n) is 2.99. The maximum atomic E-state index is 9.25. The fourth-order valence-electron chi connectivity index (χ4n) is 1.05. The predicted molar refractivity (Wildman–Crippen MR) is 64.1 cm³/mol. The van der Waals surface area contributed by atoms with Crippen LogP contribution in [0.1, 0.15) is 5.56 Å². The van der Waals surface area contributed by atoms with Gasteiger partial charge in [0.2, 0.25) is 0 Å². The summed E-state index contributed by atoms with van der Waals surface area (Å²) in [5, 5.41) is 21.1. The predicted octanol–water partition coefficient (Wildman–Crippen LogP) is 2.33. The number of nitrogens with one attached hydrogen (secondary N) is 1. The van der Waals surface area contributed by atoms with E-state index in [1.54, 1.807) is 12.1 Å². The fourth-order valence-corrected chi connectivity index (χ4v) is 1.52. The lowest BCUT2D eigenvalue weighted by Gasteiger charge is -2.11. The van der Waals surface area contributed by atoms with E-state index in [1.165, 1.54) is 0 Å². The van der Waals surface area contributed by atoms with E-state index in [0.717, 1.165) is 4.47 Å². The number of anilines is 1. The molecular formula is C10H10BrClN2O. The van der Waals surface area contributed by atoms with E-state index in [1.807, 2.05) is 6.07 Å². The monoisotopic (exact) mass is 288 g/mol. The van der Waals surface area contributed by atoms with Crippen molar-refractivity contribution in [3.8, 4) is 6.07 Å². The molecule has 0 fully saturated rings. The first kappa shape index (κ1) is 12.3. The van der Waals surface area contributed by atoms with Crippen LogP contribution >= 0.6 is 27.5 Å². The van der Waals surface area contributed by atoms with E-state index in [0.29, 0.717) is 17.8 Å². The number of nitriles is 1. The standard InChI is InChI=1S/C10H10BrClN2O/c11-8-1-2-10(7(3-8)5-13)14-6-9(15)4-12/h1-3,9,14-15H,4,6H2. The number of benzene rings is 1. The van der Waals surface area contributed by atoms with E-state index in [-0.39, 0.29) is 5.88 Å². The zero-order valence-electron chi connectivity index (χ0n) is 7.87. The summed E-state index contributed by atoms with van der Waals surface area (Å²) >= 11 is 8.74. The van der Waals surface area contributed by atoms with Crippen LogP contribution in [0.25, 0.3) is 0 Å². The largest absolute Gasteiger partial charge is 0.390 e. The molecule has 2 N–H and O–H groups in total. The molecule has 1 atom stereocenters. The lowest BCUT2D eigenvalue weighted by Crippen LogP contribution is -2.21. The molecule has 1 unspecified atom stereocenters. The van der Waals surface area contributed by atoms with Crippen LogP contribution in [-0.2, 0) is 0 Å². The van der Waals surface area contributed by atoms with Crippen molar-refractivity contribution in [3.63, 3.8) is 0 Å². The van der Waals surface area contributed by atoms with Gasteiger partial charge < -0.3 is 10.4 Å². The van der Waals surface area contributed by atoms with Crippen molar-refractivity contribution >= 4 is 33.2 Å². The molecule has 0 saturated carbocycles. The summed E-state index contributed by atoms with van der Waals surface area (Å²) in [6, 6.07) is 7.40. The van der Waals surface area contributed by atoms with Crippen molar-refractivity contribution in [2.24, 2.45) is 0 Å². The molecule has 0 aliphatic rings. The molecule has 0 saturated heterocycles. The summed E-state index contributed by atoms with van der Waals surface area (Å²) in [5.41, 5.74) is 1.23. The van der Waals surface area contributed by atoms with Gasteiger partial charge in [0.05, 0.1) is 23.2 Å². The number of rotatable bonds is 4. The molecule has 1 aromatic rings. The molecule has 0 spiro atoms. The van der Waals surface area contributed by atoms with Crippen LogP contribution in [0.15, 0.2) is 22.7 Å². The van der Waals surface area contributed by atoms with Gasteiger partial charge in [0, 0.05) is 11.0 Å². The highest BCUT2D eigenvalue weighted by atomic mass is 79.9. The number of hydrogen-bond donors (Lipinski definition) is 2. The summed E-state index contributed by atoms with van der Waals surface area (Å²) in [4.78, 5) is 0. The summed E-state index contributed by atoms with van der Waals surface area (Å²) < 4.78 is 0.850. The lowest BCUT2D eigenvalue weighted by atomic mass is 10.2. The maximum absolute atomic E-state index is 9.25. The van der Waals surface area contributed by atoms with Crippen molar-refractivity contribution in [1.29, 1.82) is 5.26 Å². The number of hydrogen-bond acceptors (Lipinski definition) is 3. The molecule has 3 nitrogen and oxygen atoms in total. The molecule has 0 aliphatic heterocycles. The van der Waals surface area contributed by atoms with Crippen LogP contribution in [0, 0.1) is 11.3 Å². The van der Waals surface area contributed by atoms with Crippen LogP contribution in [0.5, 0.6) is 0 Å². The van der Waals surface area contributed by atoms with Crippen molar-refractivity contribution in [2.75, 3.05) is 17.7 Å². The molecule has 0 aromatic heterocycles. The van der Waals surface area contributed by atoms with Gasteiger partial charge in [0.1, 0.15) is 6.07 Å². The van der Waals surface area contributed by atoms with E-state index in [9.17, 15) is 5.11 Å². The number of nitrogens with zero attached hydrogens (tertiary/aromatic N) is 1. The van der Waals surface area contributed by atoms with Gasteiger partial charge in [-0.05, 0) is 18.2 Å². The van der Waals surface area contributed by atoms with E-state index >= 15 is 0 Å². The minimum atomic E-state index is -0.609. The summed E-state index contributed by atoms with van der Waals surface area (Å²) in [6.45, 7) is 0.333. The minimum absolute atomic E-state index is 0.172. The Hall–Kier alpha value is -0.760. The highest BCUT2D eigenvalue weighted by Crippen LogP contribution is 2.20. The smallest absolute Gasteiger partial charge is 0.101 e. The summed E-state index contributed by atoms with van der Waals surface area (Å²) in [7, 11) is 0. The number of aliphatic hydroxyl groups excluding tert-OH is 1. The Morgan fingerprint density at radius 3 is 2.93 bits per heavy atom. The highest BCUT2D eigenvalue weighted by molar-refractivity contribution is 9.10. The highest BCUT2D eigenvalue weighted by Gasteiger charge is 2.05. The van der Waals surface area contributed by atoms with Crippen LogP contribution in [0.4, 0.5) is 5.69 Å². The Balaban J connectivity index is 2.73. The molecule has 0 bridgehead atoms. The third-order valence-corrected chi connectivity index (χ3v) is 2.66. The average Bonchev–Trinajstić information content (AvgIpc) is 2.26. The van der Waals surface area contributed by atoms with Crippen LogP contribution < -0.4 is 5.32 Å². The van der Waals surface area contributed by atoms with Gasteiger partial charge in [-0.1, -0.05) is 15.9 Å². The minimum Gasteiger partial charge on any atom is -0.390 e. The van der Waals surface area contributed by atoms with E-state index in [2.05, 4.69) is 27.3 Å². The number of aliphatic hydroxyl groups is 1. The first-order valence-corrected chi connectivity index (χ1v) is 5.67. The average molecular weight is 290 g/mol. The van der Waals surface area contributed by atoms with Crippen molar-refractivity contribution < 1.29 is 5.11 Å². The van der Waals surface area contributed by atoms with Crippen molar-refractivity contribution in [3.05, 3.63) is 28.2 Å². The van der Waals surface area contributed by atoms with Crippen LogP contribution in [-0.4, -0.2) is 23.6 Å². The second kappa shape index (κ2) is 5.96. The molecule has 1 rings (SSSR count). The molecular weight excluding hydrogens is 279 g/mol.